The second kappa shape index (κ2) is 6.02. The molecule has 0 saturated heterocycles. The fourth-order valence-electron chi connectivity index (χ4n) is 3.27. The Balaban J connectivity index is 1.56. The van der Waals surface area contributed by atoms with E-state index in [1.807, 2.05) is 0 Å². The van der Waals surface area contributed by atoms with Crippen molar-refractivity contribution in [2.24, 2.45) is 5.73 Å². The Bertz CT molecular complexity index is 824. The van der Waals surface area contributed by atoms with E-state index in [2.05, 4.69) is 72.8 Å². The van der Waals surface area contributed by atoms with E-state index in [0.29, 0.717) is 0 Å². The molecule has 1 nitrogen and oxygen atoms in total. The van der Waals surface area contributed by atoms with Crippen LogP contribution in [-0.4, -0.2) is 6.04 Å². The van der Waals surface area contributed by atoms with E-state index in [-0.39, 0.29) is 6.04 Å². The van der Waals surface area contributed by atoms with Crippen molar-refractivity contribution in [3.05, 3.63) is 88.5 Å². The first-order chi connectivity index (χ1) is 11.3. The van der Waals surface area contributed by atoms with Gasteiger partial charge in [-0.1, -0.05) is 66.8 Å². The predicted molar refractivity (Wildman–Crippen MR) is 98.9 cm³/mol. The van der Waals surface area contributed by atoms with Crippen LogP contribution in [0.1, 0.15) is 34.2 Å². The molecule has 0 heterocycles. The lowest BCUT2D eigenvalue weighted by Crippen LogP contribution is -2.18. The molecule has 1 heteroatoms. The first-order valence-electron chi connectivity index (χ1n) is 8.31. The minimum Gasteiger partial charge on any atom is -0.324 e. The zero-order valence-electron chi connectivity index (χ0n) is 13.2. The van der Waals surface area contributed by atoms with Crippen LogP contribution in [0.3, 0.4) is 0 Å². The number of hydrogen-bond donors (Lipinski definition) is 1. The summed E-state index contributed by atoms with van der Waals surface area (Å²) in [6.07, 6.45) is 14.1. The summed E-state index contributed by atoms with van der Waals surface area (Å²) in [6.45, 7) is 0. The van der Waals surface area contributed by atoms with E-state index < -0.39 is 0 Å². The average Bonchev–Trinajstić information content (AvgIpc) is 2.55. The molecule has 114 valence electrons. The molecule has 0 spiro atoms. The standard InChI is InChI=1S/C22H21N/c23-22-6-2-5-20(15-22)19-4-1-3-16(13-19)7-8-17-9-10-18-11-12-21(18)14-17/h1-10,13-14,22H,11-12,15,23H2/b8-7+. The molecule has 0 fully saturated rings. The Hall–Kier alpha value is -2.38. The van der Waals surface area contributed by atoms with E-state index in [4.69, 9.17) is 5.73 Å². The number of allylic oxidation sites excluding steroid dienone is 2. The van der Waals surface area contributed by atoms with E-state index in [9.17, 15) is 0 Å². The van der Waals surface area contributed by atoms with Crippen LogP contribution in [0.5, 0.6) is 0 Å². The Morgan fingerprint density at radius 3 is 2.48 bits per heavy atom. The van der Waals surface area contributed by atoms with Crippen molar-refractivity contribution in [1.29, 1.82) is 0 Å². The third kappa shape index (κ3) is 3.06. The lowest BCUT2D eigenvalue weighted by atomic mass is 9.87. The molecular formula is C22H21N. The number of nitrogens with two attached hydrogens (primary N) is 1. The summed E-state index contributed by atoms with van der Waals surface area (Å²) >= 11 is 0. The molecule has 0 radical (unpaired) electrons. The molecule has 0 bridgehead atoms. The lowest BCUT2D eigenvalue weighted by Gasteiger charge is -2.18. The normalized spacial score (nSPS) is 19.3. The van der Waals surface area contributed by atoms with Gasteiger partial charge in [0.1, 0.15) is 0 Å². The summed E-state index contributed by atoms with van der Waals surface area (Å²) in [4.78, 5) is 0. The van der Waals surface area contributed by atoms with Crippen LogP contribution in [-0.2, 0) is 12.8 Å². The summed E-state index contributed by atoms with van der Waals surface area (Å²) < 4.78 is 0. The van der Waals surface area contributed by atoms with Crippen LogP contribution in [0.15, 0.2) is 60.7 Å². The van der Waals surface area contributed by atoms with Gasteiger partial charge in [0.05, 0.1) is 0 Å². The van der Waals surface area contributed by atoms with Crippen molar-refractivity contribution in [2.45, 2.75) is 25.3 Å². The summed E-state index contributed by atoms with van der Waals surface area (Å²) in [5.41, 5.74) is 14.1. The van der Waals surface area contributed by atoms with Crippen molar-refractivity contribution in [2.75, 3.05) is 0 Å². The van der Waals surface area contributed by atoms with Gasteiger partial charge in [0, 0.05) is 6.04 Å². The van der Waals surface area contributed by atoms with Gasteiger partial charge < -0.3 is 5.73 Å². The zero-order chi connectivity index (χ0) is 15.6. The van der Waals surface area contributed by atoms with Gasteiger partial charge in [-0.3, -0.25) is 0 Å². The number of benzene rings is 2. The SMILES string of the molecule is NC1C=CC=C(c2cccc(/C=C/c3ccc4c(c3)CC4)c2)C1. The Morgan fingerprint density at radius 2 is 1.74 bits per heavy atom. The van der Waals surface area contributed by atoms with Gasteiger partial charge in [-0.2, -0.15) is 0 Å². The van der Waals surface area contributed by atoms with Gasteiger partial charge in [-0.05, 0) is 58.7 Å². The van der Waals surface area contributed by atoms with Gasteiger partial charge in [0.25, 0.3) is 0 Å². The van der Waals surface area contributed by atoms with Crippen molar-refractivity contribution < 1.29 is 0 Å². The summed E-state index contributed by atoms with van der Waals surface area (Å²) in [7, 11) is 0. The largest absolute Gasteiger partial charge is 0.324 e. The highest BCUT2D eigenvalue weighted by Gasteiger charge is 2.12. The molecule has 0 aromatic heterocycles. The average molecular weight is 299 g/mol. The molecule has 2 aromatic carbocycles. The highest BCUT2D eigenvalue weighted by atomic mass is 14.6. The Kier molecular flexibility index (Phi) is 3.72. The van der Waals surface area contributed by atoms with Crippen LogP contribution in [0.2, 0.25) is 0 Å². The molecule has 2 aliphatic carbocycles. The molecule has 1 atom stereocenters. The predicted octanol–water partition coefficient (Wildman–Crippen LogP) is 4.63. The van der Waals surface area contributed by atoms with Gasteiger partial charge >= 0.3 is 0 Å². The number of fused-ring (bicyclic) bond motifs is 1. The van der Waals surface area contributed by atoms with Crippen molar-refractivity contribution in [3.63, 3.8) is 0 Å². The van der Waals surface area contributed by atoms with Gasteiger partial charge in [-0.25, -0.2) is 0 Å². The summed E-state index contributed by atoms with van der Waals surface area (Å²) in [5.74, 6) is 0. The number of aryl methyl sites for hydroxylation is 2. The minimum absolute atomic E-state index is 0.136. The van der Waals surface area contributed by atoms with E-state index in [1.54, 1.807) is 0 Å². The molecular weight excluding hydrogens is 278 g/mol. The molecule has 0 saturated carbocycles. The Morgan fingerprint density at radius 1 is 0.913 bits per heavy atom. The maximum Gasteiger partial charge on any atom is 0.0267 e. The number of rotatable bonds is 3. The van der Waals surface area contributed by atoms with E-state index in [0.717, 1.165) is 6.42 Å². The molecule has 0 aliphatic heterocycles. The van der Waals surface area contributed by atoms with Gasteiger partial charge in [-0.15, -0.1) is 0 Å². The highest BCUT2D eigenvalue weighted by molar-refractivity contribution is 5.75. The molecule has 1 unspecified atom stereocenters. The molecule has 23 heavy (non-hydrogen) atoms. The molecule has 2 aromatic rings. The monoisotopic (exact) mass is 299 g/mol. The highest BCUT2D eigenvalue weighted by Crippen LogP contribution is 2.26. The zero-order valence-corrected chi connectivity index (χ0v) is 13.2. The fourth-order valence-corrected chi connectivity index (χ4v) is 3.27. The molecule has 2 aliphatic rings. The van der Waals surface area contributed by atoms with Crippen LogP contribution in [0, 0.1) is 0 Å². The maximum absolute atomic E-state index is 6.03. The molecule has 4 rings (SSSR count). The van der Waals surface area contributed by atoms with Gasteiger partial charge in [0.15, 0.2) is 0 Å². The maximum atomic E-state index is 6.03. The Labute approximate surface area is 137 Å². The number of hydrogen-bond acceptors (Lipinski definition) is 1. The summed E-state index contributed by atoms with van der Waals surface area (Å²) in [5, 5.41) is 0. The lowest BCUT2D eigenvalue weighted by molar-refractivity contribution is 0.838. The smallest absolute Gasteiger partial charge is 0.0267 e. The fraction of sp³-hybridized carbons (Fsp3) is 0.182. The topological polar surface area (TPSA) is 26.0 Å². The van der Waals surface area contributed by atoms with E-state index >= 15 is 0 Å². The third-order valence-electron chi connectivity index (χ3n) is 4.73. The quantitative estimate of drug-likeness (QED) is 0.822. The second-order valence-corrected chi connectivity index (χ2v) is 6.43. The van der Waals surface area contributed by atoms with E-state index in [1.165, 1.54) is 46.2 Å². The van der Waals surface area contributed by atoms with Crippen molar-refractivity contribution >= 4 is 17.7 Å². The van der Waals surface area contributed by atoms with Crippen molar-refractivity contribution in [3.8, 4) is 0 Å². The third-order valence-corrected chi connectivity index (χ3v) is 4.73. The second-order valence-electron chi connectivity index (χ2n) is 6.43. The van der Waals surface area contributed by atoms with Crippen LogP contribution < -0.4 is 5.73 Å². The van der Waals surface area contributed by atoms with Crippen LogP contribution in [0.25, 0.3) is 17.7 Å². The first kappa shape index (κ1) is 14.2. The molecule has 0 amide bonds. The van der Waals surface area contributed by atoms with Crippen LogP contribution in [0.4, 0.5) is 0 Å². The minimum atomic E-state index is 0.136. The summed E-state index contributed by atoms with van der Waals surface area (Å²) in [6, 6.07) is 15.6. The van der Waals surface area contributed by atoms with Crippen molar-refractivity contribution in [1.82, 2.24) is 0 Å². The van der Waals surface area contributed by atoms with Crippen LogP contribution >= 0.6 is 0 Å². The first-order valence-corrected chi connectivity index (χ1v) is 8.31. The molecule has 2 N–H and O–H groups in total. The van der Waals surface area contributed by atoms with Gasteiger partial charge in [0.2, 0.25) is 0 Å².